The Bertz CT molecular complexity index is 923. The first-order valence-electron chi connectivity index (χ1n) is 7.77. The Balaban J connectivity index is 1.53. The smallest absolute Gasteiger partial charge is 0.265 e. The molecule has 26 heavy (non-hydrogen) atoms. The third-order valence-corrected chi connectivity index (χ3v) is 4.51. The lowest BCUT2D eigenvalue weighted by Gasteiger charge is -2.06. The molecule has 132 valence electrons. The Morgan fingerprint density at radius 2 is 1.92 bits per heavy atom. The predicted octanol–water partition coefficient (Wildman–Crippen LogP) is 4.27. The maximum absolute atomic E-state index is 12.8. The molecule has 0 saturated heterocycles. The van der Waals surface area contributed by atoms with Crippen molar-refractivity contribution >= 4 is 34.8 Å². The summed E-state index contributed by atoms with van der Waals surface area (Å²) in [5, 5.41) is 6.62. The summed E-state index contributed by atoms with van der Waals surface area (Å²) in [5.74, 6) is -0.529. The summed E-state index contributed by atoms with van der Waals surface area (Å²) in [6.07, 6.45) is 1.50. The molecular weight excluding hydrogens is 353 g/mol. The van der Waals surface area contributed by atoms with Crippen LogP contribution in [-0.2, 0) is 11.4 Å². The van der Waals surface area contributed by atoms with Gasteiger partial charge in [-0.1, -0.05) is 29.4 Å². The second-order valence-electron chi connectivity index (χ2n) is 5.37. The summed E-state index contributed by atoms with van der Waals surface area (Å²) >= 11 is 1.31. The SMILES string of the molecule is Nc1ccccc1NC(=O)c1ccc(CO/N=C/c2ccc(F)cc2)s1. The van der Waals surface area contributed by atoms with E-state index in [-0.39, 0.29) is 18.3 Å². The first-order chi connectivity index (χ1) is 12.6. The van der Waals surface area contributed by atoms with Gasteiger partial charge in [0.05, 0.1) is 22.5 Å². The highest BCUT2D eigenvalue weighted by molar-refractivity contribution is 7.14. The summed E-state index contributed by atoms with van der Waals surface area (Å²) in [4.78, 5) is 18.9. The number of nitrogen functional groups attached to an aromatic ring is 1. The zero-order chi connectivity index (χ0) is 18.4. The van der Waals surface area contributed by atoms with E-state index in [2.05, 4.69) is 10.5 Å². The summed E-state index contributed by atoms with van der Waals surface area (Å²) < 4.78 is 12.8. The quantitative estimate of drug-likeness (QED) is 0.387. The standard InChI is InChI=1S/C19H16FN3O2S/c20-14-7-5-13(6-8-14)11-22-25-12-15-9-10-18(26-15)19(24)23-17-4-2-1-3-16(17)21/h1-11H,12,21H2,(H,23,24)/b22-11+. The molecule has 3 N–H and O–H groups in total. The number of thiophene rings is 1. The molecular formula is C19H16FN3O2S. The molecule has 1 heterocycles. The second kappa shape index (κ2) is 8.26. The molecule has 0 unspecified atom stereocenters. The van der Waals surface area contributed by atoms with Gasteiger partial charge < -0.3 is 15.9 Å². The first-order valence-corrected chi connectivity index (χ1v) is 8.59. The number of nitrogens with two attached hydrogens (primary N) is 1. The summed E-state index contributed by atoms with van der Waals surface area (Å²) in [6, 6.07) is 16.5. The number of amides is 1. The summed E-state index contributed by atoms with van der Waals surface area (Å²) in [6.45, 7) is 0.239. The Hall–Kier alpha value is -3.19. The van der Waals surface area contributed by atoms with Gasteiger partial charge in [0.15, 0.2) is 6.61 Å². The summed E-state index contributed by atoms with van der Waals surface area (Å²) in [7, 11) is 0. The van der Waals surface area contributed by atoms with Crippen molar-refractivity contribution < 1.29 is 14.0 Å². The van der Waals surface area contributed by atoms with Crippen molar-refractivity contribution in [2.75, 3.05) is 11.1 Å². The van der Waals surface area contributed by atoms with Crippen molar-refractivity contribution in [1.82, 2.24) is 0 Å². The predicted molar refractivity (Wildman–Crippen MR) is 102 cm³/mol. The van der Waals surface area contributed by atoms with Crippen LogP contribution >= 0.6 is 11.3 Å². The molecule has 0 spiro atoms. The fraction of sp³-hybridized carbons (Fsp3) is 0.0526. The number of para-hydroxylation sites is 2. The number of rotatable bonds is 6. The Morgan fingerprint density at radius 3 is 2.69 bits per heavy atom. The Morgan fingerprint density at radius 1 is 1.15 bits per heavy atom. The lowest BCUT2D eigenvalue weighted by atomic mass is 10.2. The monoisotopic (exact) mass is 369 g/mol. The zero-order valence-electron chi connectivity index (χ0n) is 13.7. The normalized spacial score (nSPS) is 10.8. The van der Waals surface area contributed by atoms with Crippen molar-refractivity contribution in [3.63, 3.8) is 0 Å². The van der Waals surface area contributed by atoms with Crippen molar-refractivity contribution in [3.05, 3.63) is 81.8 Å². The molecule has 0 aliphatic heterocycles. The molecule has 7 heteroatoms. The lowest BCUT2D eigenvalue weighted by molar-refractivity contribution is 0.103. The third-order valence-electron chi connectivity index (χ3n) is 3.45. The molecule has 0 saturated carbocycles. The van der Waals surface area contributed by atoms with Gasteiger partial charge in [0.1, 0.15) is 5.82 Å². The van der Waals surface area contributed by atoms with Crippen LogP contribution in [0.3, 0.4) is 0 Å². The minimum Gasteiger partial charge on any atom is -0.397 e. The second-order valence-corrected chi connectivity index (χ2v) is 6.54. The Kier molecular flexibility index (Phi) is 5.60. The van der Waals surface area contributed by atoms with Gasteiger partial charge >= 0.3 is 0 Å². The van der Waals surface area contributed by atoms with Crippen molar-refractivity contribution in [2.24, 2.45) is 5.16 Å². The zero-order valence-corrected chi connectivity index (χ0v) is 14.5. The molecule has 0 atom stereocenters. The lowest BCUT2D eigenvalue weighted by Crippen LogP contribution is -2.11. The molecule has 0 aliphatic carbocycles. The fourth-order valence-electron chi connectivity index (χ4n) is 2.12. The maximum atomic E-state index is 12.8. The highest BCUT2D eigenvalue weighted by atomic mass is 32.1. The highest BCUT2D eigenvalue weighted by Gasteiger charge is 2.11. The number of oxime groups is 1. The fourth-order valence-corrected chi connectivity index (χ4v) is 2.93. The molecule has 1 aromatic heterocycles. The van der Waals surface area contributed by atoms with E-state index in [0.717, 1.165) is 10.4 Å². The molecule has 0 aliphatic rings. The number of hydrogen-bond acceptors (Lipinski definition) is 5. The number of nitrogens with one attached hydrogen (secondary N) is 1. The molecule has 0 fully saturated rings. The average Bonchev–Trinajstić information content (AvgIpc) is 3.11. The minimum absolute atomic E-state index is 0.228. The molecule has 3 aromatic rings. The van der Waals surface area contributed by atoms with Gasteiger partial charge in [0.25, 0.3) is 5.91 Å². The van der Waals surface area contributed by atoms with Crippen LogP contribution in [0, 0.1) is 5.82 Å². The highest BCUT2D eigenvalue weighted by Crippen LogP contribution is 2.22. The van der Waals surface area contributed by atoms with Crippen molar-refractivity contribution in [1.29, 1.82) is 0 Å². The van der Waals surface area contributed by atoms with Crippen LogP contribution in [0.5, 0.6) is 0 Å². The third kappa shape index (κ3) is 4.67. The average molecular weight is 369 g/mol. The van der Waals surface area contributed by atoms with E-state index >= 15 is 0 Å². The Labute approximate surface area is 153 Å². The minimum atomic E-state index is -0.301. The van der Waals surface area contributed by atoms with Gasteiger partial charge in [-0.3, -0.25) is 4.79 Å². The number of benzene rings is 2. The van der Waals surface area contributed by atoms with Gasteiger partial charge in [-0.05, 0) is 42.0 Å². The van der Waals surface area contributed by atoms with Crippen molar-refractivity contribution in [3.8, 4) is 0 Å². The number of hydrogen-bond donors (Lipinski definition) is 2. The van der Waals surface area contributed by atoms with Gasteiger partial charge in [-0.2, -0.15) is 0 Å². The molecule has 1 amide bonds. The molecule has 3 rings (SSSR count). The van der Waals surface area contributed by atoms with Crippen molar-refractivity contribution in [2.45, 2.75) is 6.61 Å². The first kappa shape index (κ1) is 17.6. The number of nitrogens with zero attached hydrogens (tertiary/aromatic N) is 1. The van der Waals surface area contributed by atoms with Crippen LogP contribution in [-0.4, -0.2) is 12.1 Å². The van der Waals surface area contributed by atoms with E-state index in [1.165, 1.54) is 29.7 Å². The summed E-state index contributed by atoms with van der Waals surface area (Å²) in [5.41, 5.74) is 7.64. The molecule has 0 bridgehead atoms. The van der Waals surface area contributed by atoms with Gasteiger partial charge in [-0.15, -0.1) is 11.3 Å². The van der Waals surface area contributed by atoms with E-state index in [4.69, 9.17) is 10.6 Å². The molecule has 2 aromatic carbocycles. The van der Waals surface area contributed by atoms with Crippen LogP contribution in [0.15, 0.2) is 65.8 Å². The number of carbonyl (C=O) groups is 1. The van der Waals surface area contributed by atoms with Crippen LogP contribution in [0.1, 0.15) is 20.1 Å². The molecule has 0 radical (unpaired) electrons. The van der Waals surface area contributed by atoms with Crippen LogP contribution < -0.4 is 11.1 Å². The topological polar surface area (TPSA) is 76.7 Å². The van der Waals surface area contributed by atoms with Gasteiger partial charge in [-0.25, -0.2) is 4.39 Å². The van der Waals surface area contributed by atoms with E-state index in [1.807, 2.05) is 0 Å². The van der Waals surface area contributed by atoms with Gasteiger partial charge in [0, 0.05) is 4.88 Å². The largest absolute Gasteiger partial charge is 0.397 e. The number of anilines is 2. The van der Waals surface area contributed by atoms with Crippen LogP contribution in [0.2, 0.25) is 0 Å². The maximum Gasteiger partial charge on any atom is 0.265 e. The number of halogens is 1. The van der Waals surface area contributed by atoms with E-state index in [1.54, 1.807) is 48.5 Å². The van der Waals surface area contributed by atoms with Crippen LogP contribution in [0.25, 0.3) is 0 Å². The number of carbonyl (C=O) groups excluding carboxylic acids is 1. The van der Waals surface area contributed by atoms with Crippen LogP contribution in [0.4, 0.5) is 15.8 Å². The van der Waals surface area contributed by atoms with E-state index in [0.29, 0.717) is 16.3 Å². The van der Waals surface area contributed by atoms with E-state index < -0.39 is 0 Å². The molecule has 5 nitrogen and oxygen atoms in total. The van der Waals surface area contributed by atoms with Gasteiger partial charge in [0.2, 0.25) is 0 Å². The van der Waals surface area contributed by atoms with E-state index in [9.17, 15) is 9.18 Å².